The quantitative estimate of drug-likeness (QED) is 0.748. The maximum atomic E-state index is 12.2. The van der Waals surface area contributed by atoms with E-state index in [1.165, 1.54) is 0 Å². The van der Waals surface area contributed by atoms with Gasteiger partial charge in [0.25, 0.3) is 0 Å². The van der Waals surface area contributed by atoms with Gasteiger partial charge in [0, 0.05) is 16.6 Å². The van der Waals surface area contributed by atoms with Gasteiger partial charge in [0.2, 0.25) is 5.91 Å². The van der Waals surface area contributed by atoms with Crippen molar-refractivity contribution in [3.8, 4) is 0 Å². The molecule has 0 aliphatic heterocycles. The van der Waals surface area contributed by atoms with Gasteiger partial charge in [-0.05, 0) is 23.6 Å². The van der Waals surface area contributed by atoms with Crippen molar-refractivity contribution < 1.29 is 9.59 Å². The third-order valence-corrected chi connectivity index (χ3v) is 3.85. The Morgan fingerprint density at radius 1 is 1.33 bits per heavy atom. The predicted octanol–water partition coefficient (Wildman–Crippen LogP) is 2.69. The Labute approximate surface area is 134 Å². The maximum Gasteiger partial charge on any atom is 0.312 e. The fourth-order valence-electron chi connectivity index (χ4n) is 1.81. The van der Waals surface area contributed by atoms with E-state index in [2.05, 4.69) is 10.6 Å². The van der Waals surface area contributed by atoms with Gasteiger partial charge in [-0.15, -0.1) is 0 Å². The largest absolute Gasteiger partial charge is 0.352 e. The number of hydrogen-bond donors (Lipinski definition) is 3. The SMILES string of the molecule is CC[C@H](C)[C@@H](NC(N)=O)C(=O)NCc1ccc(Cl)cc1Cl. The minimum atomic E-state index is -0.722. The highest BCUT2D eigenvalue weighted by Crippen LogP contribution is 2.20. The van der Waals surface area contributed by atoms with Crippen LogP contribution in [0.5, 0.6) is 0 Å². The number of rotatable bonds is 6. The van der Waals surface area contributed by atoms with Crippen LogP contribution < -0.4 is 16.4 Å². The first-order valence-corrected chi connectivity index (χ1v) is 7.38. The van der Waals surface area contributed by atoms with Crippen molar-refractivity contribution in [3.05, 3.63) is 33.8 Å². The molecular formula is C14H19Cl2N3O2. The number of halogens is 2. The van der Waals surface area contributed by atoms with Gasteiger partial charge in [0.15, 0.2) is 0 Å². The Balaban J connectivity index is 2.70. The molecule has 0 aromatic heterocycles. The van der Waals surface area contributed by atoms with Gasteiger partial charge in [0.05, 0.1) is 0 Å². The third kappa shape index (κ3) is 5.44. The van der Waals surface area contributed by atoms with E-state index in [0.29, 0.717) is 10.0 Å². The summed E-state index contributed by atoms with van der Waals surface area (Å²) < 4.78 is 0. The molecule has 1 aromatic carbocycles. The lowest BCUT2D eigenvalue weighted by Gasteiger charge is -2.22. The summed E-state index contributed by atoms with van der Waals surface area (Å²) in [6.07, 6.45) is 0.736. The van der Waals surface area contributed by atoms with E-state index in [9.17, 15) is 9.59 Å². The Kier molecular flexibility index (Phi) is 6.78. The summed E-state index contributed by atoms with van der Waals surface area (Å²) in [5.41, 5.74) is 5.85. The first-order valence-electron chi connectivity index (χ1n) is 6.62. The molecule has 0 aliphatic carbocycles. The lowest BCUT2D eigenvalue weighted by Crippen LogP contribution is -2.51. The lowest BCUT2D eigenvalue weighted by molar-refractivity contribution is -0.124. The molecule has 7 heteroatoms. The average Bonchev–Trinajstić information content (AvgIpc) is 2.42. The van der Waals surface area contributed by atoms with Crippen molar-refractivity contribution in [1.82, 2.24) is 10.6 Å². The fraction of sp³-hybridized carbons (Fsp3) is 0.429. The summed E-state index contributed by atoms with van der Waals surface area (Å²) >= 11 is 11.9. The minimum absolute atomic E-state index is 0.0295. The van der Waals surface area contributed by atoms with Gasteiger partial charge in [-0.1, -0.05) is 49.5 Å². The molecule has 21 heavy (non-hydrogen) atoms. The number of primary amides is 1. The van der Waals surface area contributed by atoms with E-state index in [-0.39, 0.29) is 18.4 Å². The number of hydrogen-bond acceptors (Lipinski definition) is 2. The van der Waals surface area contributed by atoms with E-state index in [1.54, 1.807) is 18.2 Å². The van der Waals surface area contributed by atoms with Crippen LogP contribution in [0.1, 0.15) is 25.8 Å². The van der Waals surface area contributed by atoms with Crippen LogP contribution in [0.4, 0.5) is 4.79 Å². The first-order chi connectivity index (χ1) is 9.85. The number of nitrogens with two attached hydrogens (primary N) is 1. The van der Waals surface area contributed by atoms with Gasteiger partial charge >= 0.3 is 6.03 Å². The van der Waals surface area contributed by atoms with Crippen LogP contribution in [0, 0.1) is 5.92 Å². The summed E-state index contributed by atoms with van der Waals surface area (Å²) in [4.78, 5) is 23.2. The molecule has 3 amide bonds. The second kappa shape index (κ2) is 8.10. The molecule has 0 aliphatic rings. The molecule has 0 fully saturated rings. The number of urea groups is 1. The molecule has 0 unspecified atom stereocenters. The van der Waals surface area contributed by atoms with Crippen LogP contribution in [0.2, 0.25) is 10.0 Å². The highest BCUT2D eigenvalue weighted by Gasteiger charge is 2.24. The van der Waals surface area contributed by atoms with E-state index in [0.717, 1.165) is 12.0 Å². The van der Waals surface area contributed by atoms with E-state index >= 15 is 0 Å². The second-order valence-electron chi connectivity index (χ2n) is 4.83. The van der Waals surface area contributed by atoms with Gasteiger partial charge in [-0.3, -0.25) is 4.79 Å². The highest BCUT2D eigenvalue weighted by molar-refractivity contribution is 6.35. The number of carbonyl (C=O) groups excluding carboxylic acids is 2. The molecule has 1 rings (SSSR count). The zero-order valence-corrected chi connectivity index (χ0v) is 13.5. The van der Waals surface area contributed by atoms with Crippen molar-refractivity contribution in [1.29, 1.82) is 0 Å². The van der Waals surface area contributed by atoms with Crippen LogP contribution in [0.3, 0.4) is 0 Å². The van der Waals surface area contributed by atoms with E-state index in [1.807, 2.05) is 13.8 Å². The summed E-state index contributed by atoms with van der Waals surface area (Å²) in [6, 6.07) is 3.66. The minimum Gasteiger partial charge on any atom is -0.352 e. The van der Waals surface area contributed by atoms with Gasteiger partial charge in [0.1, 0.15) is 6.04 Å². The summed E-state index contributed by atoms with van der Waals surface area (Å²) in [5, 5.41) is 6.21. The third-order valence-electron chi connectivity index (χ3n) is 3.26. The normalized spacial score (nSPS) is 13.3. The maximum absolute atomic E-state index is 12.2. The van der Waals surface area contributed by atoms with E-state index in [4.69, 9.17) is 28.9 Å². The monoisotopic (exact) mass is 331 g/mol. The Hall–Kier alpha value is -1.46. The zero-order chi connectivity index (χ0) is 16.0. The Morgan fingerprint density at radius 2 is 2.00 bits per heavy atom. The molecule has 116 valence electrons. The fourth-order valence-corrected chi connectivity index (χ4v) is 2.29. The summed E-state index contributed by atoms with van der Waals surface area (Å²) in [7, 11) is 0. The molecule has 0 spiro atoms. The smallest absolute Gasteiger partial charge is 0.312 e. The van der Waals surface area contributed by atoms with E-state index < -0.39 is 12.1 Å². The predicted molar refractivity (Wildman–Crippen MR) is 84.3 cm³/mol. The number of benzene rings is 1. The first kappa shape index (κ1) is 17.6. The molecule has 0 radical (unpaired) electrons. The standard InChI is InChI=1S/C14H19Cl2N3O2/c1-3-8(2)12(19-14(17)21)13(20)18-7-9-4-5-10(15)6-11(9)16/h4-6,8,12H,3,7H2,1-2H3,(H,18,20)(H3,17,19,21)/t8-,12+/m0/s1. The zero-order valence-electron chi connectivity index (χ0n) is 12.0. The second-order valence-corrected chi connectivity index (χ2v) is 5.67. The molecule has 0 heterocycles. The van der Waals surface area contributed by atoms with Gasteiger partial charge in [-0.2, -0.15) is 0 Å². The average molecular weight is 332 g/mol. The Bertz CT molecular complexity index is 523. The van der Waals surface area contributed by atoms with Crippen LogP contribution in [-0.2, 0) is 11.3 Å². The lowest BCUT2D eigenvalue weighted by atomic mass is 9.98. The van der Waals surface area contributed by atoms with Crippen molar-refractivity contribution >= 4 is 35.1 Å². The molecule has 2 atom stereocenters. The highest BCUT2D eigenvalue weighted by atomic mass is 35.5. The molecular weight excluding hydrogens is 313 g/mol. The number of nitrogens with one attached hydrogen (secondary N) is 2. The van der Waals surface area contributed by atoms with Crippen LogP contribution in [0.15, 0.2) is 18.2 Å². The van der Waals surface area contributed by atoms with Gasteiger partial charge < -0.3 is 16.4 Å². The summed E-state index contributed by atoms with van der Waals surface area (Å²) in [6.45, 7) is 4.06. The van der Waals surface area contributed by atoms with Crippen LogP contribution >= 0.6 is 23.2 Å². The molecule has 1 aromatic rings. The van der Waals surface area contributed by atoms with Crippen LogP contribution in [0.25, 0.3) is 0 Å². The van der Waals surface area contributed by atoms with Crippen molar-refractivity contribution in [3.63, 3.8) is 0 Å². The van der Waals surface area contributed by atoms with Crippen LogP contribution in [-0.4, -0.2) is 18.0 Å². The van der Waals surface area contributed by atoms with Crippen molar-refractivity contribution in [2.45, 2.75) is 32.9 Å². The topological polar surface area (TPSA) is 84.2 Å². The molecule has 5 nitrogen and oxygen atoms in total. The molecule has 0 bridgehead atoms. The summed E-state index contributed by atoms with van der Waals surface area (Å²) in [5.74, 6) is -0.327. The number of carbonyl (C=O) groups is 2. The number of amides is 3. The van der Waals surface area contributed by atoms with Crippen molar-refractivity contribution in [2.24, 2.45) is 11.7 Å². The molecule has 0 saturated heterocycles. The van der Waals surface area contributed by atoms with Crippen molar-refractivity contribution in [2.75, 3.05) is 0 Å². The molecule has 0 saturated carbocycles. The Morgan fingerprint density at radius 3 is 2.52 bits per heavy atom. The molecule has 4 N–H and O–H groups in total. The van der Waals surface area contributed by atoms with Gasteiger partial charge in [-0.25, -0.2) is 4.79 Å².